The summed E-state index contributed by atoms with van der Waals surface area (Å²) in [5, 5.41) is 0. The Bertz CT molecular complexity index is 528. The summed E-state index contributed by atoms with van der Waals surface area (Å²) in [6, 6.07) is 0. The summed E-state index contributed by atoms with van der Waals surface area (Å²) in [7, 11) is 0. The Balaban J connectivity index is 0.000000193. The monoisotopic (exact) mass is 386 g/mol. The highest BCUT2D eigenvalue weighted by atomic mass is 35.5. The van der Waals surface area contributed by atoms with E-state index < -0.39 is 5.92 Å². The molecule has 148 valence electrons. The second-order valence-corrected chi connectivity index (χ2v) is 7.66. The zero-order chi connectivity index (χ0) is 17.8. The minimum absolute atomic E-state index is 0. The molecule has 4 bridgehead atoms. The first-order valence-corrected chi connectivity index (χ1v) is 9.76. The van der Waals surface area contributed by atoms with Crippen LogP contribution in [0.2, 0.25) is 0 Å². The molecule has 4 aliphatic heterocycles. The third-order valence-corrected chi connectivity index (χ3v) is 5.90. The molecule has 0 aromatic carbocycles. The maximum atomic E-state index is 11.9. The van der Waals surface area contributed by atoms with Gasteiger partial charge in [-0.15, -0.1) is 12.4 Å². The standard InChI is InChI=1S/C11H17NO3.C8H13NO.ClH/c1-2-15-11(14)9-7-12-5-3-4-8(6-12)10(9)13;10-8-3-5-9-4-1-2-7(8)6-9;/h8-9H,2-7H2,1H3;7H,1-6H2;1H. The second kappa shape index (κ2) is 9.81. The third kappa shape index (κ3) is 5.05. The van der Waals surface area contributed by atoms with Gasteiger partial charge in [-0.25, -0.2) is 0 Å². The first kappa shape index (κ1) is 21.3. The normalized spacial score (nSPS) is 35.5. The predicted molar refractivity (Wildman–Crippen MR) is 100 cm³/mol. The van der Waals surface area contributed by atoms with Gasteiger partial charge >= 0.3 is 5.97 Å². The molecule has 26 heavy (non-hydrogen) atoms. The van der Waals surface area contributed by atoms with Crippen LogP contribution in [0.1, 0.15) is 39.0 Å². The molecular weight excluding hydrogens is 356 g/mol. The smallest absolute Gasteiger partial charge is 0.317 e. The fraction of sp³-hybridized carbons (Fsp3) is 0.842. The van der Waals surface area contributed by atoms with Crippen molar-refractivity contribution in [2.45, 2.75) is 39.0 Å². The number of carbonyl (C=O) groups excluding carboxylic acids is 3. The number of rotatable bonds is 2. The van der Waals surface area contributed by atoms with Crippen LogP contribution in [0.25, 0.3) is 0 Å². The van der Waals surface area contributed by atoms with Gasteiger partial charge in [-0.1, -0.05) is 0 Å². The van der Waals surface area contributed by atoms with Crippen LogP contribution < -0.4 is 0 Å². The molecule has 6 nitrogen and oxygen atoms in total. The van der Waals surface area contributed by atoms with E-state index in [4.69, 9.17) is 4.74 Å². The molecule has 4 aliphatic rings. The lowest BCUT2D eigenvalue weighted by molar-refractivity contribution is -0.156. The summed E-state index contributed by atoms with van der Waals surface area (Å²) >= 11 is 0. The van der Waals surface area contributed by atoms with Crippen LogP contribution in [0.4, 0.5) is 0 Å². The van der Waals surface area contributed by atoms with Gasteiger partial charge in [0, 0.05) is 44.4 Å². The van der Waals surface area contributed by atoms with Crippen LogP contribution in [0, 0.1) is 17.8 Å². The minimum atomic E-state index is -0.524. The number of carbonyl (C=O) groups is 3. The number of hydrogen-bond acceptors (Lipinski definition) is 6. The van der Waals surface area contributed by atoms with Gasteiger partial charge in [0.2, 0.25) is 0 Å². The molecule has 5 unspecified atom stereocenters. The van der Waals surface area contributed by atoms with Gasteiger partial charge < -0.3 is 14.5 Å². The summed E-state index contributed by atoms with van der Waals surface area (Å²) in [6.07, 6.45) is 5.20. The SMILES string of the molecule is CCOC(=O)C1CN2CCCC(C2)C1=O.Cl.O=C1CCN2CCCC1C2. The summed E-state index contributed by atoms with van der Waals surface area (Å²) in [4.78, 5) is 39.3. The summed E-state index contributed by atoms with van der Waals surface area (Å²) in [5.74, 6) is 0.229. The maximum Gasteiger partial charge on any atom is 0.317 e. The number of esters is 1. The van der Waals surface area contributed by atoms with Crippen molar-refractivity contribution in [1.29, 1.82) is 0 Å². The van der Waals surface area contributed by atoms with Crippen LogP contribution in [-0.2, 0) is 19.1 Å². The first-order chi connectivity index (χ1) is 12.1. The zero-order valence-corrected chi connectivity index (χ0v) is 16.5. The summed E-state index contributed by atoms with van der Waals surface area (Å²) in [6.45, 7) is 7.85. The number of ether oxygens (including phenoxy) is 1. The van der Waals surface area contributed by atoms with E-state index >= 15 is 0 Å². The van der Waals surface area contributed by atoms with Crippen LogP contribution in [0.5, 0.6) is 0 Å². The van der Waals surface area contributed by atoms with Crippen molar-refractivity contribution in [3.05, 3.63) is 0 Å². The van der Waals surface area contributed by atoms with E-state index in [2.05, 4.69) is 9.80 Å². The quantitative estimate of drug-likeness (QED) is 0.530. The molecule has 0 saturated carbocycles. The Morgan fingerprint density at radius 2 is 1.65 bits per heavy atom. The molecule has 0 radical (unpaired) electrons. The van der Waals surface area contributed by atoms with Crippen LogP contribution in [0.15, 0.2) is 0 Å². The van der Waals surface area contributed by atoms with Crippen molar-refractivity contribution >= 4 is 29.9 Å². The van der Waals surface area contributed by atoms with Crippen LogP contribution in [0.3, 0.4) is 0 Å². The van der Waals surface area contributed by atoms with Gasteiger partial charge in [-0.05, 0) is 45.7 Å². The first-order valence-electron chi connectivity index (χ1n) is 9.76. The highest BCUT2D eigenvalue weighted by Crippen LogP contribution is 2.27. The van der Waals surface area contributed by atoms with Crippen molar-refractivity contribution < 1.29 is 19.1 Å². The van der Waals surface area contributed by atoms with Gasteiger partial charge in [-0.2, -0.15) is 0 Å². The second-order valence-electron chi connectivity index (χ2n) is 7.66. The number of Topliss-reactive ketones (excluding diaryl/α,β-unsaturated/α-hetero) is 2. The van der Waals surface area contributed by atoms with Gasteiger partial charge in [0.05, 0.1) is 6.61 Å². The van der Waals surface area contributed by atoms with Crippen molar-refractivity contribution in [1.82, 2.24) is 9.80 Å². The lowest BCUT2D eigenvalue weighted by atomic mass is 9.82. The Labute approximate surface area is 162 Å². The van der Waals surface area contributed by atoms with E-state index in [-0.39, 0.29) is 30.1 Å². The van der Waals surface area contributed by atoms with E-state index in [1.165, 1.54) is 13.0 Å². The van der Waals surface area contributed by atoms with Gasteiger partial charge in [0.1, 0.15) is 11.7 Å². The molecule has 4 rings (SSSR count). The number of hydrogen-bond donors (Lipinski definition) is 0. The molecule has 4 heterocycles. The molecule has 0 aliphatic carbocycles. The number of fused-ring (bicyclic) bond motifs is 4. The van der Waals surface area contributed by atoms with Crippen molar-refractivity contribution in [3.63, 3.8) is 0 Å². The molecule has 7 heteroatoms. The van der Waals surface area contributed by atoms with Crippen molar-refractivity contribution in [3.8, 4) is 0 Å². The topological polar surface area (TPSA) is 66.9 Å². The molecule has 5 atom stereocenters. The van der Waals surface area contributed by atoms with Gasteiger partial charge in [0.25, 0.3) is 0 Å². The Morgan fingerprint density at radius 3 is 2.35 bits per heavy atom. The Hall–Kier alpha value is -0.980. The van der Waals surface area contributed by atoms with Crippen LogP contribution >= 0.6 is 12.4 Å². The fourth-order valence-electron chi connectivity index (χ4n) is 4.51. The van der Waals surface area contributed by atoms with Gasteiger partial charge in [0.15, 0.2) is 5.78 Å². The Kier molecular flexibility index (Phi) is 8.05. The molecule has 0 amide bonds. The average molecular weight is 387 g/mol. The Morgan fingerprint density at radius 1 is 1.00 bits per heavy atom. The largest absolute Gasteiger partial charge is 0.465 e. The molecule has 0 spiro atoms. The number of nitrogens with zero attached hydrogens (tertiary/aromatic N) is 2. The average Bonchev–Trinajstić information content (AvgIpc) is 2.63. The highest BCUT2D eigenvalue weighted by molar-refractivity contribution is 6.01. The number of piperidine rings is 4. The van der Waals surface area contributed by atoms with Crippen molar-refractivity contribution in [2.75, 3.05) is 45.9 Å². The van der Waals surface area contributed by atoms with E-state index in [9.17, 15) is 14.4 Å². The molecule has 0 aromatic heterocycles. The van der Waals surface area contributed by atoms with Gasteiger partial charge in [-0.3, -0.25) is 14.4 Å². The highest BCUT2D eigenvalue weighted by Gasteiger charge is 2.41. The van der Waals surface area contributed by atoms with E-state index in [0.29, 0.717) is 24.9 Å². The predicted octanol–water partition coefficient (Wildman–Crippen LogP) is 1.55. The lowest BCUT2D eigenvalue weighted by Gasteiger charge is -2.39. The van der Waals surface area contributed by atoms with Crippen LogP contribution in [-0.4, -0.2) is 73.2 Å². The third-order valence-electron chi connectivity index (χ3n) is 5.90. The van der Waals surface area contributed by atoms with E-state index in [1.54, 1.807) is 6.92 Å². The van der Waals surface area contributed by atoms with E-state index in [1.807, 2.05) is 0 Å². The van der Waals surface area contributed by atoms with E-state index in [0.717, 1.165) is 51.9 Å². The molecule has 0 N–H and O–H groups in total. The fourth-order valence-corrected chi connectivity index (χ4v) is 4.51. The lowest BCUT2D eigenvalue weighted by Crippen LogP contribution is -2.52. The van der Waals surface area contributed by atoms with Crippen molar-refractivity contribution in [2.24, 2.45) is 17.8 Å². The summed E-state index contributed by atoms with van der Waals surface area (Å²) in [5.41, 5.74) is 0. The molecular formula is C19H31ClN2O4. The summed E-state index contributed by atoms with van der Waals surface area (Å²) < 4.78 is 4.93. The molecule has 0 aromatic rings. The minimum Gasteiger partial charge on any atom is -0.465 e. The molecule has 4 fully saturated rings. The number of halogens is 1. The number of ketones is 2. The molecule has 4 saturated heterocycles. The maximum absolute atomic E-state index is 11.9. The zero-order valence-electron chi connectivity index (χ0n) is 15.7.